The quantitative estimate of drug-likeness (QED) is 0.665. The van der Waals surface area contributed by atoms with Gasteiger partial charge in [0.2, 0.25) is 0 Å². The molecule has 0 aromatic carbocycles. The van der Waals surface area contributed by atoms with E-state index >= 15 is 0 Å². The van der Waals surface area contributed by atoms with Crippen LogP contribution in [0.4, 0.5) is 0 Å². The predicted molar refractivity (Wildman–Crippen MR) is 52.2 cm³/mol. The molecule has 0 unspecified atom stereocenters. The topological polar surface area (TPSA) is 69.4 Å². The summed E-state index contributed by atoms with van der Waals surface area (Å²) in [6.45, 7) is 7.50. The van der Waals surface area contributed by atoms with Crippen molar-refractivity contribution < 1.29 is 12.6 Å². The highest BCUT2D eigenvalue weighted by Gasteiger charge is 2.15. The Morgan fingerprint density at radius 1 is 1.54 bits per heavy atom. The van der Waals surface area contributed by atoms with Crippen LogP contribution < -0.4 is 5.14 Å². The molecule has 0 fully saturated rings. The summed E-state index contributed by atoms with van der Waals surface area (Å²) >= 11 is 0. The minimum atomic E-state index is -3.84. The fourth-order valence-corrected chi connectivity index (χ4v) is 1.61. The van der Waals surface area contributed by atoms with Gasteiger partial charge in [0, 0.05) is 0 Å². The van der Waals surface area contributed by atoms with Crippen molar-refractivity contribution in [1.82, 2.24) is 0 Å². The van der Waals surface area contributed by atoms with E-state index in [0.29, 0.717) is 18.8 Å². The zero-order valence-corrected chi connectivity index (χ0v) is 8.88. The summed E-state index contributed by atoms with van der Waals surface area (Å²) in [5, 5.41) is 4.76. The number of rotatable bonds is 6. The third kappa shape index (κ3) is 7.95. The Bertz CT molecular complexity index is 246. The van der Waals surface area contributed by atoms with Crippen LogP contribution in [0.3, 0.4) is 0 Å². The third-order valence-electron chi connectivity index (χ3n) is 1.43. The van der Waals surface area contributed by atoms with Crippen molar-refractivity contribution >= 4 is 10.3 Å². The van der Waals surface area contributed by atoms with Crippen molar-refractivity contribution in [1.29, 1.82) is 0 Å². The van der Waals surface area contributed by atoms with Crippen molar-refractivity contribution in [3.8, 4) is 0 Å². The number of nitrogens with two attached hydrogens (primary N) is 1. The fraction of sp³-hybridized carbons (Fsp3) is 0.750. The third-order valence-corrected chi connectivity index (χ3v) is 1.97. The lowest BCUT2D eigenvalue weighted by Crippen LogP contribution is -2.25. The molecule has 0 saturated carbocycles. The van der Waals surface area contributed by atoms with Crippen LogP contribution in [0.5, 0.6) is 0 Å². The van der Waals surface area contributed by atoms with Crippen LogP contribution in [0, 0.1) is 5.92 Å². The van der Waals surface area contributed by atoms with Gasteiger partial charge in [0.15, 0.2) is 0 Å². The Balaban J connectivity index is 4.17. The molecule has 78 valence electrons. The van der Waals surface area contributed by atoms with E-state index in [1.54, 1.807) is 6.08 Å². The Hall–Kier alpha value is -0.390. The van der Waals surface area contributed by atoms with E-state index in [9.17, 15) is 8.42 Å². The Morgan fingerprint density at radius 2 is 2.08 bits per heavy atom. The minimum Gasteiger partial charge on any atom is -0.255 e. The molecule has 0 aromatic rings. The zero-order chi connectivity index (χ0) is 10.5. The molecule has 0 rings (SSSR count). The van der Waals surface area contributed by atoms with E-state index < -0.39 is 10.3 Å². The number of hydrogen-bond donors (Lipinski definition) is 1. The second kappa shape index (κ2) is 5.36. The molecule has 1 atom stereocenters. The van der Waals surface area contributed by atoms with Gasteiger partial charge in [-0.3, -0.25) is 4.18 Å². The van der Waals surface area contributed by atoms with Gasteiger partial charge in [0.05, 0.1) is 6.10 Å². The summed E-state index contributed by atoms with van der Waals surface area (Å²) in [7, 11) is -3.84. The second-order valence-electron chi connectivity index (χ2n) is 3.36. The summed E-state index contributed by atoms with van der Waals surface area (Å²) in [5.74, 6) is 0.367. The van der Waals surface area contributed by atoms with Gasteiger partial charge in [0.1, 0.15) is 0 Å². The molecule has 0 bridgehead atoms. The first kappa shape index (κ1) is 12.6. The SMILES string of the molecule is C=CC[C@H](CC(C)C)OS(N)(=O)=O. The van der Waals surface area contributed by atoms with E-state index in [2.05, 4.69) is 10.8 Å². The maximum Gasteiger partial charge on any atom is 0.333 e. The minimum absolute atomic E-state index is 0.367. The maximum absolute atomic E-state index is 10.6. The average molecular weight is 207 g/mol. The van der Waals surface area contributed by atoms with Crippen molar-refractivity contribution in [2.45, 2.75) is 32.8 Å². The average Bonchev–Trinajstić information content (AvgIpc) is 1.81. The van der Waals surface area contributed by atoms with Crippen molar-refractivity contribution in [3.63, 3.8) is 0 Å². The largest absolute Gasteiger partial charge is 0.333 e. The van der Waals surface area contributed by atoms with E-state index in [1.807, 2.05) is 13.8 Å². The predicted octanol–water partition coefficient (Wildman–Crippen LogP) is 1.20. The van der Waals surface area contributed by atoms with Gasteiger partial charge >= 0.3 is 10.3 Å². The lowest BCUT2D eigenvalue weighted by molar-refractivity contribution is 0.185. The highest BCUT2D eigenvalue weighted by atomic mass is 32.2. The first-order valence-electron chi connectivity index (χ1n) is 4.17. The van der Waals surface area contributed by atoms with E-state index in [0.717, 1.165) is 0 Å². The maximum atomic E-state index is 10.6. The molecular weight excluding hydrogens is 190 g/mol. The lowest BCUT2D eigenvalue weighted by atomic mass is 10.0. The molecule has 0 aliphatic heterocycles. The van der Waals surface area contributed by atoms with E-state index in [1.165, 1.54) is 0 Å². The van der Waals surface area contributed by atoms with Gasteiger partial charge in [-0.2, -0.15) is 8.42 Å². The van der Waals surface area contributed by atoms with Gasteiger partial charge < -0.3 is 0 Å². The molecular formula is C8H17NO3S. The molecule has 13 heavy (non-hydrogen) atoms. The van der Waals surface area contributed by atoms with Gasteiger partial charge in [-0.15, -0.1) is 6.58 Å². The van der Waals surface area contributed by atoms with Gasteiger partial charge in [-0.25, -0.2) is 5.14 Å². The first-order valence-corrected chi connectivity index (χ1v) is 5.64. The van der Waals surface area contributed by atoms with Gasteiger partial charge in [-0.1, -0.05) is 19.9 Å². The van der Waals surface area contributed by atoms with Crippen LogP contribution in [0.2, 0.25) is 0 Å². The zero-order valence-electron chi connectivity index (χ0n) is 8.06. The second-order valence-corrected chi connectivity index (χ2v) is 4.54. The molecule has 0 heterocycles. The summed E-state index contributed by atoms with van der Waals surface area (Å²) in [5.41, 5.74) is 0. The van der Waals surface area contributed by atoms with Crippen LogP contribution in [0.25, 0.3) is 0 Å². The van der Waals surface area contributed by atoms with E-state index in [4.69, 9.17) is 5.14 Å². The molecule has 0 spiro atoms. The number of hydrogen-bond acceptors (Lipinski definition) is 3. The summed E-state index contributed by atoms with van der Waals surface area (Å²) in [6, 6.07) is 0. The Kier molecular flexibility index (Phi) is 5.20. The fourth-order valence-electron chi connectivity index (χ4n) is 1.08. The molecule has 0 radical (unpaired) electrons. The van der Waals surface area contributed by atoms with Crippen molar-refractivity contribution in [3.05, 3.63) is 12.7 Å². The smallest absolute Gasteiger partial charge is 0.255 e. The van der Waals surface area contributed by atoms with Crippen LogP contribution in [-0.2, 0) is 14.5 Å². The van der Waals surface area contributed by atoms with Gasteiger partial charge in [0.25, 0.3) is 0 Å². The van der Waals surface area contributed by atoms with Crippen LogP contribution in [0.1, 0.15) is 26.7 Å². The van der Waals surface area contributed by atoms with Crippen LogP contribution in [0.15, 0.2) is 12.7 Å². The Morgan fingerprint density at radius 3 is 2.38 bits per heavy atom. The van der Waals surface area contributed by atoms with Gasteiger partial charge in [-0.05, 0) is 18.8 Å². The Labute approximate surface area is 80.0 Å². The summed E-state index contributed by atoms with van der Waals surface area (Å²) in [6.07, 6.45) is 2.39. The molecule has 4 nitrogen and oxygen atoms in total. The molecule has 0 saturated heterocycles. The van der Waals surface area contributed by atoms with Crippen LogP contribution >= 0.6 is 0 Å². The lowest BCUT2D eigenvalue weighted by Gasteiger charge is -2.15. The monoisotopic (exact) mass is 207 g/mol. The molecule has 0 aliphatic carbocycles. The molecule has 0 amide bonds. The highest BCUT2D eigenvalue weighted by Crippen LogP contribution is 2.13. The van der Waals surface area contributed by atoms with Crippen LogP contribution in [-0.4, -0.2) is 14.5 Å². The molecule has 0 aromatic heterocycles. The summed E-state index contributed by atoms with van der Waals surface area (Å²) < 4.78 is 25.9. The molecule has 2 N–H and O–H groups in total. The van der Waals surface area contributed by atoms with Crippen molar-refractivity contribution in [2.75, 3.05) is 0 Å². The molecule has 5 heteroatoms. The van der Waals surface area contributed by atoms with Crippen molar-refractivity contribution in [2.24, 2.45) is 11.1 Å². The summed E-state index contributed by atoms with van der Waals surface area (Å²) in [4.78, 5) is 0. The standard InChI is InChI=1S/C8H17NO3S/c1-4-5-8(6-7(2)3)12-13(9,10)11/h4,7-8H,1,5-6H2,2-3H3,(H2,9,10,11)/t8-/m1/s1. The van der Waals surface area contributed by atoms with E-state index in [-0.39, 0.29) is 6.10 Å². The normalized spacial score (nSPS) is 14.5. The first-order chi connectivity index (χ1) is 5.85. The molecule has 0 aliphatic rings. The highest BCUT2D eigenvalue weighted by molar-refractivity contribution is 7.84.